The fraction of sp³-hybridized carbons (Fsp3) is 0.467. The van der Waals surface area contributed by atoms with E-state index in [9.17, 15) is 9.59 Å². The molecule has 0 radical (unpaired) electrons. The molecule has 3 rings (SSSR count). The lowest BCUT2D eigenvalue weighted by atomic mass is 10.1. The molecule has 132 valence electrons. The minimum atomic E-state index is -0.101. The Balaban J connectivity index is 0.00000208. The van der Waals surface area contributed by atoms with Crippen LogP contribution in [0.2, 0.25) is 10.0 Å². The van der Waals surface area contributed by atoms with Gasteiger partial charge in [0.2, 0.25) is 5.91 Å². The zero-order chi connectivity index (χ0) is 16.4. The third-order valence-electron chi connectivity index (χ3n) is 4.00. The molecule has 2 heterocycles. The van der Waals surface area contributed by atoms with Crippen LogP contribution in [0, 0.1) is 0 Å². The first-order chi connectivity index (χ1) is 11.0. The Morgan fingerprint density at radius 3 is 2.17 bits per heavy atom. The summed E-state index contributed by atoms with van der Waals surface area (Å²) >= 11 is 13.6. The van der Waals surface area contributed by atoms with Crippen LogP contribution >= 0.6 is 47.4 Å². The van der Waals surface area contributed by atoms with E-state index < -0.39 is 0 Å². The maximum absolute atomic E-state index is 12.5. The second kappa shape index (κ2) is 8.63. The summed E-state index contributed by atoms with van der Waals surface area (Å²) in [5.41, 5.74) is 0.483. The van der Waals surface area contributed by atoms with Gasteiger partial charge in [-0.3, -0.25) is 14.9 Å². The lowest BCUT2D eigenvalue weighted by Gasteiger charge is -2.36. The topological polar surface area (TPSA) is 52.7 Å². The molecule has 2 amide bonds. The van der Waals surface area contributed by atoms with Gasteiger partial charge >= 0.3 is 0 Å². The van der Waals surface area contributed by atoms with E-state index in [1.807, 2.05) is 4.90 Å². The lowest BCUT2D eigenvalue weighted by molar-refractivity contribution is -0.134. The van der Waals surface area contributed by atoms with Crippen molar-refractivity contribution in [1.29, 1.82) is 0 Å². The largest absolute Gasteiger partial charge is 0.338 e. The van der Waals surface area contributed by atoms with Gasteiger partial charge < -0.3 is 9.80 Å². The van der Waals surface area contributed by atoms with Crippen LogP contribution in [-0.4, -0.2) is 65.5 Å². The summed E-state index contributed by atoms with van der Waals surface area (Å²) in [5, 5.41) is 4.08. The molecule has 1 N–H and O–H groups in total. The van der Waals surface area contributed by atoms with Gasteiger partial charge in [-0.25, -0.2) is 0 Å². The summed E-state index contributed by atoms with van der Waals surface area (Å²) in [4.78, 5) is 28.4. The number of carbonyl (C=O) groups is 2. The summed E-state index contributed by atoms with van der Waals surface area (Å²) < 4.78 is 0. The predicted molar refractivity (Wildman–Crippen MR) is 100 cm³/mol. The summed E-state index contributed by atoms with van der Waals surface area (Å²) in [7, 11) is 0. The molecule has 2 aliphatic heterocycles. The maximum Gasteiger partial charge on any atom is 0.254 e. The molecule has 24 heavy (non-hydrogen) atoms. The fourth-order valence-electron chi connectivity index (χ4n) is 2.76. The van der Waals surface area contributed by atoms with Crippen LogP contribution in [0.3, 0.4) is 0 Å². The van der Waals surface area contributed by atoms with Gasteiger partial charge in [0.15, 0.2) is 0 Å². The van der Waals surface area contributed by atoms with Gasteiger partial charge in [-0.2, -0.15) is 0 Å². The zero-order valence-corrected chi connectivity index (χ0v) is 16.0. The quantitative estimate of drug-likeness (QED) is 0.813. The average Bonchev–Trinajstić information content (AvgIpc) is 3.07. The molecule has 1 atom stereocenters. The summed E-state index contributed by atoms with van der Waals surface area (Å²) in [6.07, 6.45) is 0. The SMILES string of the molecule is Cl.O=C(c1cc(Cl)cc(Cl)c1)N1CCN(C(=O)C2CSCN2)CC1. The van der Waals surface area contributed by atoms with Crippen LogP contribution < -0.4 is 5.32 Å². The fourth-order valence-corrected chi connectivity index (χ4v) is 4.22. The van der Waals surface area contributed by atoms with Crippen molar-refractivity contribution in [3.05, 3.63) is 33.8 Å². The van der Waals surface area contributed by atoms with Crippen LogP contribution in [-0.2, 0) is 4.79 Å². The standard InChI is InChI=1S/C15H17Cl2N3O2S.ClH/c16-11-5-10(6-12(17)7-11)14(21)19-1-3-20(4-2-19)15(22)13-8-23-9-18-13;/h5-7,13,18H,1-4,8-9H2;1H. The summed E-state index contributed by atoms with van der Waals surface area (Å²) in [6, 6.07) is 4.75. The van der Waals surface area contributed by atoms with Crippen molar-refractivity contribution in [2.45, 2.75) is 6.04 Å². The van der Waals surface area contributed by atoms with Gasteiger partial charge in [0.25, 0.3) is 5.91 Å². The molecule has 1 aromatic rings. The van der Waals surface area contributed by atoms with Gasteiger partial charge in [-0.15, -0.1) is 24.2 Å². The second-order valence-corrected chi connectivity index (χ2v) is 7.45. The number of carbonyl (C=O) groups excluding carboxylic acids is 2. The van der Waals surface area contributed by atoms with Gasteiger partial charge in [-0.05, 0) is 18.2 Å². The van der Waals surface area contributed by atoms with Crippen molar-refractivity contribution >= 4 is 59.2 Å². The number of hydrogen-bond donors (Lipinski definition) is 1. The molecule has 0 saturated carbocycles. The van der Waals surface area contributed by atoms with Crippen LogP contribution in [0.25, 0.3) is 0 Å². The number of rotatable bonds is 2. The number of thioether (sulfide) groups is 1. The monoisotopic (exact) mass is 409 g/mol. The Bertz CT molecular complexity index is 598. The maximum atomic E-state index is 12.5. The van der Waals surface area contributed by atoms with E-state index in [0.717, 1.165) is 11.6 Å². The molecule has 0 aromatic heterocycles. The van der Waals surface area contributed by atoms with E-state index >= 15 is 0 Å². The van der Waals surface area contributed by atoms with Gasteiger partial charge in [0, 0.05) is 53.4 Å². The Morgan fingerprint density at radius 2 is 1.62 bits per heavy atom. The smallest absolute Gasteiger partial charge is 0.254 e. The average molecular weight is 411 g/mol. The van der Waals surface area contributed by atoms with Crippen molar-refractivity contribution in [3.63, 3.8) is 0 Å². The van der Waals surface area contributed by atoms with Crippen molar-refractivity contribution in [2.75, 3.05) is 37.8 Å². The number of nitrogens with zero attached hydrogens (tertiary/aromatic N) is 2. The Kier molecular flexibility index (Phi) is 7.07. The molecule has 9 heteroatoms. The normalized spacial score (nSPS) is 20.7. The van der Waals surface area contributed by atoms with E-state index in [0.29, 0.717) is 41.8 Å². The van der Waals surface area contributed by atoms with E-state index in [4.69, 9.17) is 23.2 Å². The highest BCUT2D eigenvalue weighted by Gasteiger charge is 2.30. The van der Waals surface area contributed by atoms with E-state index in [-0.39, 0.29) is 30.3 Å². The highest BCUT2D eigenvalue weighted by Crippen LogP contribution is 2.21. The first-order valence-corrected chi connectivity index (χ1v) is 9.31. The molecule has 1 unspecified atom stereocenters. The van der Waals surface area contributed by atoms with E-state index in [2.05, 4.69) is 5.32 Å². The lowest BCUT2D eigenvalue weighted by Crippen LogP contribution is -2.54. The molecular weight excluding hydrogens is 393 g/mol. The molecular formula is C15H18Cl3N3O2S. The zero-order valence-electron chi connectivity index (χ0n) is 12.8. The first kappa shape index (κ1) is 19.7. The Morgan fingerprint density at radius 1 is 1.04 bits per heavy atom. The number of amides is 2. The van der Waals surface area contributed by atoms with Crippen molar-refractivity contribution in [2.24, 2.45) is 0 Å². The van der Waals surface area contributed by atoms with Crippen molar-refractivity contribution in [1.82, 2.24) is 15.1 Å². The molecule has 1 aromatic carbocycles. The first-order valence-electron chi connectivity index (χ1n) is 7.40. The number of halogens is 3. The van der Waals surface area contributed by atoms with E-state index in [1.54, 1.807) is 34.9 Å². The number of piperazine rings is 1. The minimum absolute atomic E-state index is 0. The van der Waals surface area contributed by atoms with Crippen LogP contribution in [0.4, 0.5) is 0 Å². The summed E-state index contributed by atoms with van der Waals surface area (Å²) in [5.74, 6) is 1.67. The van der Waals surface area contributed by atoms with Gasteiger partial charge in [0.1, 0.15) is 0 Å². The molecule has 2 saturated heterocycles. The number of benzene rings is 1. The molecule has 0 bridgehead atoms. The van der Waals surface area contributed by atoms with Gasteiger partial charge in [-0.1, -0.05) is 23.2 Å². The minimum Gasteiger partial charge on any atom is -0.338 e. The molecule has 0 aliphatic carbocycles. The van der Waals surface area contributed by atoms with Crippen molar-refractivity contribution < 1.29 is 9.59 Å². The third kappa shape index (κ3) is 4.49. The second-order valence-electron chi connectivity index (χ2n) is 5.55. The molecule has 2 fully saturated rings. The van der Waals surface area contributed by atoms with E-state index in [1.165, 1.54) is 0 Å². The highest BCUT2D eigenvalue weighted by molar-refractivity contribution is 7.99. The molecule has 5 nitrogen and oxygen atoms in total. The Labute approximate surface area is 161 Å². The van der Waals surface area contributed by atoms with Crippen LogP contribution in [0.1, 0.15) is 10.4 Å². The molecule has 0 spiro atoms. The van der Waals surface area contributed by atoms with Gasteiger partial charge in [0.05, 0.1) is 6.04 Å². The highest BCUT2D eigenvalue weighted by atomic mass is 35.5. The molecule has 2 aliphatic rings. The van der Waals surface area contributed by atoms with Crippen molar-refractivity contribution in [3.8, 4) is 0 Å². The Hall–Kier alpha value is -0.660. The number of hydrogen-bond acceptors (Lipinski definition) is 4. The van der Waals surface area contributed by atoms with Crippen LogP contribution in [0.5, 0.6) is 0 Å². The van der Waals surface area contributed by atoms with Crippen LogP contribution in [0.15, 0.2) is 18.2 Å². The number of nitrogens with one attached hydrogen (secondary N) is 1. The third-order valence-corrected chi connectivity index (χ3v) is 5.38. The summed E-state index contributed by atoms with van der Waals surface area (Å²) in [6.45, 7) is 2.16. The predicted octanol–water partition coefficient (Wildman–Crippen LogP) is 2.36.